The Labute approximate surface area is 121 Å². The van der Waals surface area contributed by atoms with E-state index >= 15 is 0 Å². The Bertz CT molecular complexity index is 408. The average Bonchev–Trinajstić information content (AvgIpc) is 2.35. The van der Waals surface area contributed by atoms with Gasteiger partial charge >= 0.3 is 5.97 Å². The van der Waals surface area contributed by atoms with Gasteiger partial charge in [0.1, 0.15) is 5.75 Å². The zero-order chi connectivity index (χ0) is 13.0. The normalized spacial score (nSPS) is 15.7. The molecule has 0 amide bonds. The molecule has 3 nitrogen and oxygen atoms in total. The lowest BCUT2D eigenvalue weighted by molar-refractivity contribution is -0.136. The number of para-hydroxylation sites is 1. The van der Waals surface area contributed by atoms with Crippen molar-refractivity contribution in [1.29, 1.82) is 0 Å². The van der Waals surface area contributed by atoms with Gasteiger partial charge in [0.25, 0.3) is 0 Å². The highest BCUT2D eigenvalue weighted by molar-refractivity contribution is 5.85. The second-order valence-electron chi connectivity index (χ2n) is 5.03. The van der Waals surface area contributed by atoms with Crippen molar-refractivity contribution in [3.8, 4) is 5.75 Å². The summed E-state index contributed by atoms with van der Waals surface area (Å²) >= 11 is 0. The number of esters is 1. The summed E-state index contributed by atoms with van der Waals surface area (Å²) in [5, 5.41) is 0. The Hall–Kier alpha value is -1.06. The lowest BCUT2D eigenvalue weighted by Gasteiger charge is -2.25. The number of nitrogens with zero attached hydrogens (tertiary/aromatic N) is 1. The zero-order valence-electron chi connectivity index (χ0n) is 11.6. The van der Waals surface area contributed by atoms with Gasteiger partial charge in [-0.05, 0) is 50.9 Å². The summed E-state index contributed by atoms with van der Waals surface area (Å²) in [6.45, 7) is 6.38. The Kier molecular flexibility index (Phi) is 6.32. The number of aryl methyl sites for hydroxylation is 2. The Morgan fingerprint density at radius 1 is 1.16 bits per heavy atom. The molecule has 1 aromatic carbocycles. The zero-order valence-corrected chi connectivity index (χ0v) is 12.5. The number of halogens is 1. The molecule has 0 spiro atoms. The molecule has 19 heavy (non-hydrogen) atoms. The maximum atomic E-state index is 11.9. The van der Waals surface area contributed by atoms with E-state index in [0.717, 1.165) is 30.0 Å². The van der Waals surface area contributed by atoms with E-state index in [1.54, 1.807) is 0 Å². The van der Waals surface area contributed by atoms with Crippen molar-refractivity contribution >= 4 is 18.4 Å². The van der Waals surface area contributed by atoms with Gasteiger partial charge in [-0.25, -0.2) is 0 Å². The number of hydrogen-bond donors (Lipinski definition) is 0. The summed E-state index contributed by atoms with van der Waals surface area (Å²) in [4.78, 5) is 14.1. The first-order valence-electron chi connectivity index (χ1n) is 6.66. The molecule has 0 unspecified atom stereocenters. The van der Waals surface area contributed by atoms with Crippen LogP contribution in [-0.4, -0.2) is 30.5 Å². The maximum Gasteiger partial charge on any atom is 0.325 e. The maximum absolute atomic E-state index is 11.9. The molecular formula is C15H22ClNO2. The molecule has 1 heterocycles. The summed E-state index contributed by atoms with van der Waals surface area (Å²) in [6.07, 6.45) is 3.66. The van der Waals surface area contributed by atoms with Crippen LogP contribution >= 0.6 is 12.4 Å². The number of ether oxygens (including phenoxy) is 1. The topological polar surface area (TPSA) is 29.5 Å². The van der Waals surface area contributed by atoms with Crippen LogP contribution < -0.4 is 4.74 Å². The van der Waals surface area contributed by atoms with Crippen LogP contribution in [0.5, 0.6) is 5.75 Å². The summed E-state index contributed by atoms with van der Waals surface area (Å²) in [5.74, 6) is 0.578. The summed E-state index contributed by atoms with van der Waals surface area (Å²) in [6, 6.07) is 5.92. The predicted molar refractivity (Wildman–Crippen MR) is 79.1 cm³/mol. The minimum atomic E-state index is -0.144. The van der Waals surface area contributed by atoms with E-state index in [1.165, 1.54) is 19.3 Å². The van der Waals surface area contributed by atoms with Gasteiger partial charge in [-0.1, -0.05) is 24.6 Å². The van der Waals surface area contributed by atoms with E-state index in [-0.39, 0.29) is 18.4 Å². The highest BCUT2D eigenvalue weighted by Gasteiger charge is 2.16. The van der Waals surface area contributed by atoms with Crippen LogP contribution in [0.4, 0.5) is 0 Å². The van der Waals surface area contributed by atoms with Gasteiger partial charge in [0.2, 0.25) is 0 Å². The third kappa shape index (κ3) is 4.51. The molecule has 1 aliphatic heterocycles. The van der Waals surface area contributed by atoms with Crippen molar-refractivity contribution in [3.63, 3.8) is 0 Å². The number of rotatable bonds is 3. The molecule has 0 radical (unpaired) electrons. The fourth-order valence-electron chi connectivity index (χ4n) is 2.41. The van der Waals surface area contributed by atoms with Gasteiger partial charge in [0.05, 0.1) is 6.54 Å². The molecule has 0 aliphatic carbocycles. The second kappa shape index (κ2) is 7.51. The van der Waals surface area contributed by atoms with Crippen LogP contribution in [0, 0.1) is 13.8 Å². The number of carbonyl (C=O) groups excluding carboxylic acids is 1. The number of hydrogen-bond acceptors (Lipinski definition) is 3. The van der Waals surface area contributed by atoms with Crippen molar-refractivity contribution < 1.29 is 9.53 Å². The van der Waals surface area contributed by atoms with Crippen molar-refractivity contribution in [2.24, 2.45) is 0 Å². The van der Waals surface area contributed by atoms with Crippen LogP contribution in [-0.2, 0) is 4.79 Å². The van der Waals surface area contributed by atoms with Crippen LogP contribution in [0.3, 0.4) is 0 Å². The first-order valence-corrected chi connectivity index (χ1v) is 6.66. The van der Waals surface area contributed by atoms with Crippen molar-refractivity contribution in [1.82, 2.24) is 4.90 Å². The molecule has 1 aromatic rings. The van der Waals surface area contributed by atoms with E-state index in [4.69, 9.17) is 4.74 Å². The predicted octanol–water partition coefficient (Wildman–Crippen LogP) is 3.12. The van der Waals surface area contributed by atoms with E-state index in [1.807, 2.05) is 32.0 Å². The summed E-state index contributed by atoms with van der Waals surface area (Å²) in [5.41, 5.74) is 2.03. The van der Waals surface area contributed by atoms with Crippen molar-refractivity contribution in [2.75, 3.05) is 19.6 Å². The van der Waals surface area contributed by atoms with Gasteiger partial charge in [0.15, 0.2) is 0 Å². The number of piperidine rings is 1. The Morgan fingerprint density at radius 2 is 1.74 bits per heavy atom. The van der Waals surface area contributed by atoms with Crippen LogP contribution in [0.15, 0.2) is 18.2 Å². The molecule has 1 aliphatic rings. The highest BCUT2D eigenvalue weighted by Crippen LogP contribution is 2.22. The molecule has 0 bridgehead atoms. The molecular weight excluding hydrogens is 262 g/mol. The fraction of sp³-hybridized carbons (Fsp3) is 0.533. The number of likely N-dealkylation sites (tertiary alicyclic amines) is 1. The third-order valence-corrected chi connectivity index (χ3v) is 3.43. The first-order chi connectivity index (χ1) is 8.66. The van der Waals surface area contributed by atoms with Gasteiger partial charge in [-0.15, -0.1) is 12.4 Å². The van der Waals surface area contributed by atoms with Crippen LogP contribution in [0.2, 0.25) is 0 Å². The van der Waals surface area contributed by atoms with Crippen LogP contribution in [0.1, 0.15) is 30.4 Å². The molecule has 2 rings (SSSR count). The Morgan fingerprint density at radius 3 is 2.32 bits per heavy atom. The van der Waals surface area contributed by atoms with E-state index in [0.29, 0.717) is 6.54 Å². The second-order valence-corrected chi connectivity index (χ2v) is 5.03. The van der Waals surface area contributed by atoms with E-state index in [2.05, 4.69) is 4.90 Å². The third-order valence-electron chi connectivity index (χ3n) is 3.43. The van der Waals surface area contributed by atoms with Gasteiger partial charge in [-0.2, -0.15) is 0 Å². The highest BCUT2D eigenvalue weighted by atomic mass is 35.5. The lowest BCUT2D eigenvalue weighted by atomic mass is 10.1. The standard InChI is InChI=1S/C15H21NO2.ClH/c1-12-7-6-8-13(2)15(12)18-14(17)11-16-9-4-3-5-10-16;/h6-8H,3-5,9-11H2,1-2H3;1H. The van der Waals surface area contributed by atoms with Crippen molar-refractivity contribution in [2.45, 2.75) is 33.1 Å². The molecule has 106 valence electrons. The molecule has 0 N–H and O–H groups in total. The molecule has 1 saturated heterocycles. The summed E-state index contributed by atoms with van der Waals surface area (Å²) < 4.78 is 5.50. The van der Waals surface area contributed by atoms with Gasteiger partial charge in [-0.3, -0.25) is 9.69 Å². The van der Waals surface area contributed by atoms with Gasteiger partial charge < -0.3 is 4.74 Å². The quantitative estimate of drug-likeness (QED) is 0.631. The Balaban J connectivity index is 0.00000180. The van der Waals surface area contributed by atoms with E-state index < -0.39 is 0 Å². The minimum absolute atomic E-state index is 0. The SMILES string of the molecule is Cc1cccc(C)c1OC(=O)CN1CCCCC1.Cl. The molecule has 0 aromatic heterocycles. The molecule has 1 fully saturated rings. The first kappa shape index (κ1) is 16.0. The van der Waals surface area contributed by atoms with Crippen LogP contribution in [0.25, 0.3) is 0 Å². The molecule has 0 atom stereocenters. The summed E-state index contributed by atoms with van der Waals surface area (Å²) in [7, 11) is 0. The van der Waals surface area contributed by atoms with Gasteiger partial charge in [0, 0.05) is 0 Å². The monoisotopic (exact) mass is 283 g/mol. The van der Waals surface area contributed by atoms with E-state index in [9.17, 15) is 4.79 Å². The number of carbonyl (C=O) groups is 1. The smallest absolute Gasteiger partial charge is 0.325 e. The molecule has 0 saturated carbocycles. The number of benzene rings is 1. The minimum Gasteiger partial charge on any atom is -0.425 e. The largest absolute Gasteiger partial charge is 0.425 e. The van der Waals surface area contributed by atoms with Crippen molar-refractivity contribution in [3.05, 3.63) is 29.3 Å². The lowest BCUT2D eigenvalue weighted by Crippen LogP contribution is -2.36. The average molecular weight is 284 g/mol. The molecule has 4 heteroatoms. The fourth-order valence-corrected chi connectivity index (χ4v) is 2.41.